The minimum absolute atomic E-state index is 0.515. The molecule has 0 fully saturated rings. The molecule has 0 heteroatoms. The molecule has 0 aromatic carbocycles. The van der Waals surface area contributed by atoms with Gasteiger partial charge in [0.25, 0.3) is 0 Å². The van der Waals surface area contributed by atoms with Crippen LogP contribution in [0.4, 0.5) is 0 Å². The SMILES string of the molecule is CCC(C)(C)C(C)CCC(C)C(C)C(C)C. The molecular weight excluding hydrogens is 192 g/mol. The van der Waals surface area contributed by atoms with E-state index in [9.17, 15) is 0 Å². The van der Waals surface area contributed by atoms with Crippen LogP contribution < -0.4 is 0 Å². The molecule has 98 valence electrons. The van der Waals surface area contributed by atoms with Gasteiger partial charge < -0.3 is 0 Å². The fourth-order valence-corrected chi connectivity index (χ4v) is 2.17. The molecule has 0 nitrogen and oxygen atoms in total. The smallest absolute Gasteiger partial charge is 0.0331 e. The van der Waals surface area contributed by atoms with E-state index in [1.54, 1.807) is 0 Å². The molecule has 0 saturated heterocycles. The van der Waals surface area contributed by atoms with Gasteiger partial charge in [0.15, 0.2) is 0 Å². The van der Waals surface area contributed by atoms with Crippen molar-refractivity contribution in [2.75, 3.05) is 0 Å². The van der Waals surface area contributed by atoms with Crippen molar-refractivity contribution in [1.82, 2.24) is 0 Å². The summed E-state index contributed by atoms with van der Waals surface area (Å²) in [5.41, 5.74) is 0.515. The van der Waals surface area contributed by atoms with E-state index in [1.807, 2.05) is 0 Å². The van der Waals surface area contributed by atoms with Crippen LogP contribution in [-0.2, 0) is 0 Å². The number of rotatable bonds is 7. The Bertz CT molecular complexity index is 178. The van der Waals surface area contributed by atoms with Crippen LogP contribution in [0.1, 0.15) is 74.7 Å². The van der Waals surface area contributed by atoms with E-state index in [0.29, 0.717) is 5.41 Å². The lowest BCUT2D eigenvalue weighted by atomic mass is 9.73. The molecule has 0 N–H and O–H groups in total. The Morgan fingerprint density at radius 1 is 0.875 bits per heavy atom. The van der Waals surface area contributed by atoms with Gasteiger partial charge in [0.05, 0.1) is 0 Å². The zero-order chi connectivity index (χ0) is 12.9. The third-order valence-electron chi connectivity index (χ3n) is 5.25. The average molecular weight is 226 g/mol. The molecule has 0 radical (unpaired) electrons. The van der Waals surface area contributed by atoms with E-state index in [-0.39, 0.29) is 0 Å². The van der Waals surface area contributed by atoms with Crippen molar-refractivity contribution in [3.63, 3.8) is 0 Å². The predicted molar refractivity (Wildman–Crippen MR) is 75.6 cm³/mol. The molecule has 0 spiro atoms. The highest BCUT2D eigenvalue weighted by atomic mass is 14.3. The normalized spacial score (nSPS) is 18.6. The van der Waals surface area contributed by atoms with Gasteiger partial charge in [-0.1, -0.05) is 68.2 Å². The highest BCUT2D eigenvalue weighted by Crippen LogP contribution is 2.35. The molecule has 0 heterocycles. The van der Waals surface area contributed by atoms with Crippen molar-refractivity contribution in [2.24, 2.45) is 29.1 Å². The Kier molecular flexibility index (Phi) is 6.67. The van der Waals surface area contributed by atoms with E-state index in [1.165, 1.54) is 19.3 Å². The number of hydrogen-bond acceptors (Lipinski definition) is 0. The topological polar surface area (TPSA) is 0 Å². The van der Waals surface area contributed by atoms with Crippen molar-refractivity contribution in [1.29, 1.82) is 0 Å². The maximum atomic E-state index is 2.43. The third-order valence-corrected chi connectivity index (χ3v) is 5.25. The zero-order valence-corrected chi connectivity index (χ0v) is 12.9. The van der Waals surface area contributed by atoms with E-state index in [2.05, 4.69) is 55.4 Å². The van der Waals surface area contributed by atoms with Crippen LogP contribution in [-0.4, -0.2) is 0 Å². The Labute approximate surface area is 104 Å². The van der Waals surface area contributed by atoms with Crippen LogP contribution >= 0.6 is 0 Å². The molecule has 0 bridgehead atoms. The first-order chi connectivity index (χ1) is 7.22. The van der Waals surface area contributed by atoms with Crippen molar-refractivity contribution >= 4 is 0 Å². The lowest BCUT2D eigenvalue weighted by molar-refractivity contribution is 0.182. The van der Waals surface area contributed by atoms with Crippen molar-refractivity contribution in [3.05, 3.63) is 0 Å². The number of hydrogen-bond donors (Lipinski definition) is 0. The Morgan fingerprint density at radius 3 is 1.75 bits per heavy atom. The average Bonchev–Trinajstić information content (AvgIpc) is 2.23. The van der Waals surface area contributed by atoms with Gasteiger partial charge >= 0.3 is 0 Å². The summed E-state index contributed by atoms with van der Waals surface area (Å²) in [6.45, 7) is 19.1. The van der Waals surface area contributed by atoms with Crippen molar-refractivity contribution in [3.8, 4) is 0 Å². The maximum Gasteiger partial charge on any atom is -0.0331 e. The Balaban J connectivity index is 4.06. The lowest BCUT2D eigenvalue weighted by Crippen LogP contribution is -2.22. The quantitative estimate of drug-likeness (QED) is 0.517. The molecule has 0 aliphatic carbocycles. The minimum Gasteiger partial charge on any atom is -0.0649 e. The van der Waals surface area contributed by atoms with E-state index < -0.39 is 0 Å². The molecule has 3 unspecified atom stereocenters. The molecule has 0 saturated carbocycles. The largest absolute Gasteiger partial charge is 0.0649 e. The summed E-state index contributed by atoms with van der Waals surface area (Å²) in [5, 5.41) is 0. The first-order valence-corrected chi connectivity index (χ1v) is 7.22. The van der Waals surface area contributed by atoms with E-state index >= 15 is 0 Å². The second-order valence-electron chi connectivity index (χ2n) is 6.90. The second-order valence-corrected chi connectivity index (χ2v) is 6.90. The van der Waals surface area contributed by atoms with Gasteiger partial charge in [-0.2, -0.15) is 0 Å². The summed E-state index contributed by atoms with van der Waals surface area (Å²) in [6, 6.07) is 0. The molecule has 0 aliphatic heterocycles. The van der Waals surface area contributed by atoms with Gasteiger partial charge in [0.2, 0.25) is 0 Å². The summed E-state index contributed by atoms with van der Waals surface area (Å²) in [5.74, 6) is 3.40. The highest BCUT2D eigenvalue weighted by molar-refractivity contribution is 4.75. The fraction of sp³-hybridized carbons (Fsp3) is 1.00. The standard InChI is InChI=1S/C16H34/c1-9-16(7,8)14(5)11-10-13(4)15(6)12(2)3/h12-15H,9-11H2,1-8H3. The van der Waals surface area contributed by atoms with Crippen LogP contribution in [0.5, 0.6) is 0 Å². The van der Waals surface area contributed by atoms with E-state index in [0.717, 1.165) is 23.7 Å². The molecule has 0 aliphatic rings. The van der Waals surface area contributed by atoms with Gasteiger partial charge in [-0.15, -0.1) is 0 Å². The molecule has 0 aromatic heterocycles. The summed E-state index contributed by atoms with van der Waals surface area (Å²) in [7, 11) is 0. The Morgan fingerprint density at radius 2 is 1.38 bits per heavy atom. The van der Waals surface area contributed by atoms with Crippen molar-refractivity contribution < 1.29 is 0 Å². The van der Waals surface area contributed by atoms with Gasteiger partial charge in [0.1, 0.15) is 0 Å². The van der Waals surface area contributed by atoms with Crippen LogP contribution in [0.15, 0.2) is 0 Å². The minimum atomic E-state index is 0.515. The third kappa shape index (κ3) is 4.89. The van der Waals surface area contributed by atoms with Crippen LogP contribution in [0.2, 0.25) is 0 Å². The molecule has 16 heavy (non-hydrogen) atoms. The molecule has 3 atom stereocenters. The highest BCUT2D eigenvalue weighted by Gasteiger charge is 2.25. The molecule has 0 amide bonds. The van der Waals surface area contributed by atoms with Crippen LogP contribution in [0.3, 0.4) is 0 Å². The zero-order valence-electron chi connectivity index (χ0n) is 12.9. The van der Waals surface area contributed by atoms with Gasteiger partial charge in [-0.3, -0.25) is 0 Å². The Hall–Kier alpha value is 0. The summed E-state index contributed by atoms with van der Waals surface area (Å²) in [6.07, 6.45) is 4.07. The van der Waals surface area contributed by atoms with Gasteiger partial charge in [-0.25, -0.2) is 0 Å². The summed E-state index contributed by atoms with van der Waals surface area (Å²) < 4.78 is 0. The first-order valence-electron chi connectivity index (χ1n) is 7.22. The first kappa shape index (κ1) is 16.0. The predicted octanol–water partition coefficient (Wildman–Crippen LogP) is 5.77. The maximum absolute atomic E-state index is 2.43. The molecular formula is C16H34. The van der Waals surface area contributed by atoms with Crippen molar-refractivity contribution in [2.45, 2.75) is 74.7 Å². The van der Waals surface area contributed by atoms with Gasteiger partial charge in [0, 0.05) is 0 Å². The van der Waals surface area contributed by atoms with E-state index in [4.69, 9.17) is 0 Å². The van der Waals surface area contributed by atoms with Crippen LogP contribution in [0.25, 0.3) is 0 Å². The van der Waals surface area contributed by atoms with Crippen LogP contribution in [0, 0.1) is 29.1 Å². The molecule has 0 aromatic rings. The lowest BCUT2D eigenvalue weighted by Gasteiger charge is -2.32. The van der Waals surface area contributed by atoms with Gasteiger partial charge in [-0.05, 0) is 35.5 Å². The monoisotopic (exact) mass is 226 g/mol. The summed E-state index contributed by atoms with van der Waals surface area (Å²) >= 11 is 0. The summed E-state index contributed by atoms with van der Waals surface area (Å²) in [4.78, 5) is 0. The molecule has 0 rings (SSSR count). The second kappa shape index (κ2) is 6.67. The fourth-order valence-electron chi connectivity index (χ4n) is 2.17.